The molecule has 0 aliphatic carbocycles. The molecule has 0 aromatic heterocycles. The number of rotatable bonds is 6. The number of hydrogen-bond donors (Lipinski definition) is 2. The molecule has 31 heavy (non-hydrogen) atoms. The lowest BCUT2D eigenvalue weighted by atomic mass is 9.73. The Kier molecular flexibility index (Phi) is 9.44. The quantitative estimate of drug-likeness (QED) is 0.309. The summed E-state index contributed by atoms with van der Waals surface area (Å²) < 4.78 is 51.2. The molecule has 5 nitrogen and oxygen atoms in total. The van der Waals surface area contributed by atoms with Gasteiger partial charge in [0.2, 0.25) is 0 Å². The van der Waals surface area contributed by atoms with Gasteiger partial charge in [0.25, 0.3) is 0 Å². The summed E-state index contributed by atoms with van der Waals surface area (Å²) >= 11 is 0. The van der Waals surface area contributed by atoms with Gasteiger partial charge < -0.3 is 20.1 Å². The number of benzene rings is 1. The molecule has 2 N–H and O–H groups in total. The Morgan fingerprint density at radius 2 is 1.87 bits per heavy atom. The molecule has 9 heteroatoms. The Bertz CT molecular complexity index is 731. The van der Waals surface area contributed by atoms with Gasteiger partial charge in [0.15, 0.2) is 5.96 Å². The lowest BCUT2D eigenvalue weighted by Gasteiger charge is -2.38. The highest BCUT2D eigenvalue weighted by atomic mass is 127. The van der Waals surface area contributed by atoms with Gasteiger partial charge in [-0.15, -0.1) is 24.0 Å². The molecule has 2 fully saturated rings. The van der Waals surface area contributed by atoms with Crippen LogP contribution in [0.1, 0.15) is 50.7 Å². The first-order chi connectivity index (χ1) is 14.3. The van der Waals surface area contributed by atoms with Crippen molar-refractivity contribution in [3.63, 3.8) is 0 Å². The standard InChI is InChI=1S/C22H32F3N3O2.HI/c1-3-26-19(27-15-20(2)8-5-11-30-20)28-16-21(9-12-29-13-10-21)17-6-4-7-18(14-17)22(23,24)25;/h4,6-7,14H,3,5,8-13,15-16H2,1-2H3,(H2,26,27,28);1H. The molecule has 0 bridgehead atoms. The predicted molar refractivity (Wildman–Crippen MR) is 126 cm³/mol. The van der Waals surface area contributed by atoms with E-state index in [0.717, 1.165) is 25.5 Å². The van der Waals surface area contributed by atoms with E-state index in [4.69, 9.17) is 14.5 Å². The van der Waals surface area contributed by atoms with Crippen molar-refractivity contribution < 1.29 is 22.6 Å². The van der Waals surface area contributed by atoms with Crippen molar-refractivity contribution in [2.45, 2.75) is 56.7 Å². The zero-order valence-corrected chi connectivity index (χ0v) is 20.5. The van der Waals surface area contributed by atoms with Crippen LogP contribution in [0.5, 0.6) is 0 Å². The normalized spacial score (nSPS) is 23.8. The average molecular weight is 555 g/mol. The van der Waals surface area contributed by atoms with Gasteiger partial charge in [-0.25, -0.2) is 0 Å². The van der Waals surface area contributed by atoms with E-state index >= 15 is 0 Å². The third-order valence-corrected chi connectivity index (χ3v) is 6.06. The van der Waals surface area contributed by atoms with E-state index in [0.29, 0.717) is 57.2 Å². The van der Waals surface area contributed by atoms with Crippen LogP contribution in [0.25, 0.3) is 0 Å². The summed E-state index contributed by atoms with van der Waals surface area (Å²) in [5.74, 6) is 0.659. The topological polar surface area (TPSA) is 54.9 Å². The van der Waals surface area contributed by atoms with E-state index in [-0.39, 0.29) is 29.6 Å². The Hall–Kier alpha value is -1.07. The molecule has 0 spiro atoms. The maximum Gasteiger partial charge on any atom is 0.416 e. The first kappa shape index (κ1) is 26.2. The summed E-state index contributed by atoms with van der Waals surface area (Å²) in [5, 5.41) is 6.62. The molecule has 0 amide bonds. The zero-order chi connectivity index (χ0) is 21.7. The minimum Gasteiger partial charge on any atom is -0.381 e. The fourth-order valence-corrected chi connectivity index (χ4v) is 4.16. The van der Waals surface area contributed by atoms with Crippen LogP contribution in [-0.2, 0) is 21.1 Å². The molecule has 176 valence electrons. The minimum absolute atomic E-state index is 0. The van der Waals surface area contributed by atoms with E-state index in [1.54, 1.807) is 6.07 Å². The summed E-state index contributed by atoms with van der Waals surface area (Å²) in [6, 6.07) is 5.69. The van der Waals surface area contributed by atoms with E-state index in [9.17, 15) is 13.2 Å². The maximum atomic E-state index is 13.3. The highest BCUT2D eigenvalue weighted by Gasteiger charge is 2.37. The molecular formula is C22H33F3IN3O2. The van der Waals surface area contributed by atoms with Gasteiger partial charge >= 0.3 is 6.18 Å². The number of guanidine groups is 1. The average Bonchev–Trinajstić information content (AvgIpc) is 3.17. The molecule has 3 rings (SSSR count). The van der Waals surface area contributed by atoms with E-state index in [1.165, 1.54) is 12.1 Å². The molecule has 2 saturated heterocycles. The van der Waals surface area contributed by atoms with Gasteiger partial charge in [-0.2, -0.15) is 13.2 Å². The highest BCUT2D eigenvalue weighted by Crippen LogP contribution is 2.37. The van der Waals surface area contributed by atoms with Crippen molar-refractivity contribution in [1.82, 2.24) is 10.6 Å². The van der Waals surface area contributed by atoms with Gasteiger partial charge in [0.05, 0.1) is 17.7 Å². The van der Waals surface area contributed by atoms with Crippen LogP contribution >= 0.6 is 24.0 Å². The third kappa shape index (κ3) is 6.95. The smallest absolute Gasteiger partial charge is 0.381 e. The van der Waals surface area contributed by atoms with Crippen LogP contribution < -0.4 is 10.6 Å². The van der Waals surface area contributed by atoms with Crippen molar-refractivity contribution in [2.75, 3.05) is 39.5 Å². The first-order valence-corrected chi connectivity index (χ1v) is 10.7. The predicted octanol–water partition coefficient (Wildman–Crippen LogP) is 4.50. The Labute approximate surface area is 199 Å². The largest absolute Gasteiger partial charge is 0.416 e. The van der Waals surface area contributed by atoms with Gasteiger partial charge in [-0.1, -0.05) is 18.2 Å². The molecule has 2 aliphatic heterocycles. The van der Waals surface area contributed by atoms with Crippen LogP contribution in [0.2, 0.25) is 0 Å². The molecule has 0 saturated carbocycles. The van der Waals surface area contributed by atoms with Crippen molar-refractivity contribution >= 4 is 29.9 Å². The summed E-state index contributed by atoms with van der Waals surface area (Å²) in [6.45, 7) is 7.59. The minimum atomic E-state index is -4.36. The highest BCUT2D eigenvalue weighted by molar-refractivity contribution is 14.0. The van der Waals surface area contributed by atoms with Gasteiger partial charge in [-0.05, 0) is 51.2 Å². The number of alkyl halides is 3. The van der Waals surface area contributed by atoms with E-state index in [2.05, 4.69) is 17.6 Å². The van der Waals surface area contributed by atoms with Crippen molar-refractivity contribution in [3.05, 3.63) is 35.4 Å². The second kappa shape index (κ2) is 11.2. The molecular weight excluding hydrogens is 522 g/mol. The zero-order valence-electron chi connectivity index (χ0n) is 18.2. The first-order valence-electron chi connectivity index (χ1n) is 10.7. The summed E-state index contributed by atoms with van der Waals surface area (Å²) in [5.41, 5.74) is -0.615. The van der Waals surface area contributed by atoms with Crippen LogP contribution in [0.4, 0.5) is 13.2 Å². The molecule has 1 aromatic rings. The Morgan fingerprint density at radius 1 is 1.13 bits per heavy atom. The molecule has 1 atom stereocenters. The van der Waals surface area contributed by atoms with E-state index < -0.39 is 17.2 Å². The SMILES string of the molecule is CCNC(=NCC1(C)CCCO1)NCC1(c2cccc(C(F)(F)F)c2)CCOCC1.I. The molecule has 1 unspecified atom stereocenters. The number of nitrogens with one attached hydrogen (secondary N) is 2. The van der Waals surface area contributed by atoms with Crippen LogP contribution in [0.15, 0.2) is 29.3 Å². The Morgan fingerprint density at radius 3 is 2.48 bits per heavy atom. The van der Waals surface area contributed by atoms with Crippen LogP contribution in [-0.4, -0.2) is 51.0 Å². The number of nitrogens with zero attached hydrogens (tertiary/aromatic N) is 1. The van der Waals surface area contributed by atoms with Crippen molar-refractivity contribution in [2.24, 2.45) is 4.99 Å². The number of aliphatic imine (C=N–C) groups is 1. The second-order valence-electron chi connectivity index (χ2n) is 8.42. The monoisotopic (exact) mass is 555 g/mol. The maximum absolute atomic E-state index is 13.3. The molecule has 2 heterocycles. The number of ether oxygens (including phenoxy) is 2. The van der Waals surface area contributed by atoms with Crippen LogP contribution in [0.3, 0.4) is 0 Å². The lowest BCUT2D eigenvalue weighted by molar-refractivity contribution is -0.137. The molecule has 1 aromatic carbocycles. The fraction of sp³-hybridized carbons (Fsp3) is 0.682. The number of halogens is 4. The summed E-state index contributed by atoms with van der Waals surface area (Å²) in [6.07, 6.45) is -1.04. The Balaban J connectivity index is 0.00000341. The summed E-state index contributed by atoms with van der Waals surface area (Å²) in [4.78, 5) is 4.69. The second-order valence-corrected chi connectivity index (χ2v) is 8.42. The van der Waals surface area contributed by atoms with Gasteiger partial charge in [0.1, 0.15) is 0 Å². The fourth-order valence-electron chi connectivity index (χ4n) is 4.16. The summed E-state index contributed by atoms with van der Waals surface area (Å²) in [7, 11) is 0. The molecule has 2 aliphatic rings. The third-order valence-electron chi connectivity index (χ3n) is 6.06. The van der Waals surface area contributed by atoms with E-state index in [1.807, 2.05) is 6.92 Å². The van der Waals surface area contributed by atoms with Gasteiger partial charge in [0, 0.05) is 38.3 Å². The van der Waals surface area contributed by atoms with Crippen molar-refractivity contribution in [1.29, 1.82) is 0 Å². The lowest BCUT2D eigenvalue weighted by Crippen LogP contribution is -2.48. The molecule has 0 radical (unpaired) electrons. The van der Waals surface area contributed by atoms with Crippen LogP contribution in [0, 0.1) is 0 Å². The van der Waals surface area contributed by atoms with Crippen molar-refractivity contribution in [3.8, 4) is 0 Å². The van der Waals surface area contributed by atoms with Gasteiger partial charge in [-0.3, -0.25) is 4.99 Å². The number of hydrogen-bond acceptors (Lipinski definition) is 3.